The summed E-state index contributed by atoms with van der Waals surface area (Å²) in [4.78, 5) is 54.5. The molecule has 0 spiro atoms. The van der Waals surface area contributed by atoms with Crippen molar-refractivity contribution in [3.63, 3.8) is 0 Å². The summed E-state index contributed by atoms with van der Waals surface area (Å²) in [6, 6.07) is 6.12. The smallest absolute Gasteiger partial charge is 0.323 e. The average Bonchev–Trinajstić information content (AvgIpc) is 2.00. The van der Waals surface area contributed by atoms with Gasteiger partial charge in [-0.05, 0) is 182 Å². The van der Waals surface area contributed by atoms with E-state index in [1.165, 1.54) is 122 Å². The highest BCUT2D eigenvalue weighted by atomic mass is 16.2. The molecule has 3 saturated heterocycles. The number of piperazine rings is 3. The summed E-state index contributed by atoms with van der Waals surface area (Å²) in [6.07, 6.45) is 46.9. The van der Waals surface area contributed by atoms with Crippen LogP contribution in [0.15, 0.2) is 106 Å². The molecule has 3 N–H and O–H groups in total. The third-order valence-electron chi connectivity index (χ3n) is 19.3. The Balaban J connectivity index is 0.000000368. The van der Waals surface area contributed by atoms with Crippen molar-refractivity contribution in [3.8, 4) is 0 Å². The predicted octanol–water partition coefficient (Wildman–Crippen LogP) is 19.5. The first-order valence-electron chi connectivity index (χ1n) is 37.8. The van der Waals surface area contributed by atoms with E-state index in [2.05, 4.69) is 182 Å². The monoisotopic (exact) mass is 1300 g/mol. The van der Waals surface area contributed by atoms with Gasteiger partial charge >= 0.3 is 18.1 Å². The standard InChI is InChI=1S/C30H59N3O.C26H45N3O.C25H38N4O/c1-25(2)11-8-12-27(5)13-9-14-28(6)15-10-16-29(7)18-20-32-21-23-33(24-22-32)30(34)31-19-17-26(3)4;1-22(2)10-8-11-23(3)12-9-13-24(4)16-17-28-18-20-29(21-19-28)26(30)27-25-14-6-5-7-15-25;1-21(2)9-7-10-22(3)11-8-12-23(4)14-16-28-17-19-29(20-18-28)25(30)27-24-13-5-6-15-26-24/h18,25-28H,8-17,19-24H2,1-7H3,(H,31,34);10,12,16,25H,5-9,11,13-15,17-21H2,1-4H3,(H,27,30);5-6,9,11,13-15H,7-8,10,12,16-20H2,1-4H3,(H,26,27,30)/b29-18+;23-12+,24-16+;22-11+,23-14+. The highest BCUT2D eigenvalue weighted by molar-refractivity contribution is 5.88. The van der Waals surface area contributed by atoms with Gasteiger partial charge < -0.3 is 25.3 Å². The van der Waals surface area contributed by atoms with E-state index in [0.717, 1.165) is 187 Å². The minimum atomic E-state index is -0.0631. The molecule has 5 rings (SSSR count). The van der Waals surface area contributed by atoms with Gasteiger partial charge in [0.05, 0.1) is 0 Å². The average molecular weight is 1300 g/mol. The van der Waals surface area contributed by atoms with Crippen molar-refractivity contribution in [2.24, 2.45) is 23.7 Å². The van der Waals surface area contributed by atoms with Crippen LogP contribution in [-0.2, 0) is 0 Å². The number of nitrogens with one attached hydrogen (secondary N) is 3. The lowest BCUT2D eigenvalue weighted by Gasteiger charge is -2.35. The number of allylic oxidation sites excluding steroid dienone is 11. The first-order chi connectivity index (χ1) is 45.0. The van der Waals surface area contributed by atoms with Gasteiger partial charge in [0.2, 0.25) is 0 Å². The van der Waals surface area contributed by atoms with Crippen molar-refractivity contribution >= 4 is 23.9 Å². The molecular formula is C81H142N10O3. The van der Waals surface area contributed by atoms with Gasteiger partial charge in [-0.1, -0.05) is 193 Å². The third-order valence-corrected chi connectivity index (χ3v) is 19.3. The molecule has 94 heavy (non-hydrogen) atoms. The van der Waals surface area contributed by atoms with Crippen LogP contribution in [0.25, 0.3) is 0 Å². The highest BCUT2D eigenvalue weighted by Gasteiger charge is 2.25. The van der Waals surface area contributed by atoms with Crippen LogP contribution >= 0.6 is 0 Å². The zero-order valence-corrected chi connectivity index (χ0v) is 63.2. The van der Waals surface area contributed by atoms with Crippen LogP contribution in [0.4, 0.5) is 20.2 Å². The predicted molar refractivity (Wildman–Crippen MR) is 405 cm³/mol. The lowest BCUT2D eigenvalue weighted by molar-refractivity contribution is 0.142. The Morgan fingerprint density at radius 3 is 1.27 bits per heavy atom. The molecule has 1 aromatic rings. The van der Waals surface area contributed by atoms with Crippen LogP contribution in [0.5, 0.6) is 0 Å². The van der Waals surface area contributed by atoms with Gasteiger partial charge in [0.15, 0.2) is 0 Å². The van der Waals surface area contributed by atoms with E-state index in [1.807, 2.05) is 32.9 Å². The molecule has 1 aromatic heterocycles. The zero-order valence-electron chi connectivity index (χ0n) is 63.2. The van der Waals surface area contributed by atoms with Crippen LogP contribution in [0, 0.1) is 23.7 Å². The number of rotatable bonds is 35. The lowest BCUT2D eigenvalue weighted by Crippen LogP contribution is -2.53. The lowest BCUT2D eigenvalue weighted by atomic mass is 9.91. The van der Waals surface area contributed by atoms with Crippen molar-refractivity contribution in [2.45, 2.75) is 258 Å². The van der Waals surface area contributed by atoms with Gasteiger partial charge in [0.25, 0.3) is 0 Å². The number of carbonyl (C=O) groups is 3. The first-order valence-corrected chi connectivity index (χ1v) is 37.8. The summed E-state index contributed by atoms with van der Waals surface area (Å²) >= 11 is 0. The fraction of sp³-hybridized carbons (Fsp3) is 0.728. The summed E-state index contributed by atoms with van der Waals surface area (Å²) in [6.45, 7) is 48.2. The van der Waals surface area contributed by atoms with Crippen LogP contribution in [0.2, 0.25) is 0 Å². The molecule has 4 heterocycles. The second-order valence-electron chi connectivity index (χ2n) is 30.0. The number of anilines is 1. The Bertz CT molecular complexity index is 2420. The van der Waals surface area contributed by atoms with E-state index >= 15 is 0 Å². The van der Waals surface area contributed by atoms with Gasteiger partial charge in [0, 0.05) is 117 Å². The number of nitrogens with zero attached hydrogens (tertiary/aromatic N) is 7. The number of aromatic nitrogens is 1. The Kier molecular flexibility index (Phi) is 44.6. The van der Waals surface area contributed by atoms with Crippen LogP contribution < -0.4 is 16.0 Å². The summed E-state index contributed by atoms with van der Waals surface area (Å²) < 4.78 is 0. The second-order valence-corrected chi connectivity index (χ2v) is 30.0. The van der Waals surface area contributed by atoms with E-state index < -0.39 is 0 Å². The Morgan fingerprint density at radius 1 is 0.447 bits per heavy atom. The number of carbonyl (C=O) groups excluding carboxylic acids is 3. The highest BCUT2D eigenvalue weighted by Crippen LogP contribution is 2.23. The minimum absolute atomic E-state index is 0.0631. The van der Waals surface area contributed by atoms with Crippen molar-refractivity contribution in [3.05, 3.63) is 106 Å². The van der Waals surface area contributed by atoms with Gasteiger partial charge in [-0.15, -0.1) is 0 Å². The largest absolute Gasteiger partial charge is 0.338 e. The number of hydrogen-bond acceptors (Lipinski definition) is 7. The Morgan fingerprint density at radius 2 is 0.840 bits per heavy atom. The summed E-state index contributed by atoms with van der Waals surface area (Å²) in [7, 11) is 0. The molecule has 3 aliphatic heterocycles. The van der Waals surface area contributed by atoms with Crippen LogP contribution in [0.1, 0.15) is 252 Å². The van der Waals surface area contributed by atoms with Crippen molar-refractivity contribution < 1.29 is 14.4 Å². The zero-order chi connectivity index (χ0) is 68.9. The Labute approximate surface area is 577 Å². The molecule has 534 valence electrons. The molecule has 0 bridgehead atoms. The van der Waals surface area contributed by atoms with Gasteiger partial charge in [-0.3, -0.25) is 20.0 Å². The molecule has 6 amide bonds. The number of hydrogen-bond donors (Lipinski definition) is 3. The topological polar surface area (TPSA) is 120 Å². The maximum absolute atomic E-state index is 12.5. The molecule has 1 saturated carbocycles. The maximum Gasteiger partial charge on any atom is 0.323 e. The summed E-state index contributed by atoms with van der Waals surface area (Å²) in [5.41, 5.74) is 10.2. The number of pyridine rings is 1. The van der Waals surface area contributed by atoms with Crippen molar-refractivity contribution in [2.75, 3.05) is 110 Å². The molecule has 4 aliphatic rings. The molecule has 4 fully saturated rings. The fourth-order valence-corrected chi connectivity index (χ4v) is 12.5. The number of amides is 6. The quantitative estimate of drug-likeness (QED) is 0.0579. The molecule has 1 aliphatic carbocycles. The van der Waals surface area contributed by atoms with E-state index in [-0.39, 0.29) is 18.1 Å². The molecule has 13 nitrogen and oxygen atoms in total. The molecule has 0 radical (unpaired) electrons. The SMILES string of the molecule is C/C(=C\CN1CCN(C(=O)NCCC(C)C)CC1)CCCC(C)CCCC(C)CCCC(C)C.CC(C)=CCC/C(C)=C/CC/C(C)=C/CN1CCN(C(=O)NC2CCCCC2)CC1.CC(C)=CCC/C(C)=C/CC/C(C)=C/CN1CCN(C(=O)Nc2ccccn2)CC1. The molecule has 13 heteroatoms. The summed E-state index contributed by atoms with van der Waals surface area (Å²) in [5, 5.41) is 9.18. The van der Waals surface area contributed by atoms with Gasteiger partial charge in [-0.2, -0.15) is 0 Å². The molecule has 2 atom stereocenters. The van der Waals surface area contributed by atoms with Gasteiger partial charge in [0.1, 0.15) is 5.82 Å². The normalized spacial score (nSPS) is 17.6. The van der Waals surface area contributed by atoms with Crippen molar-refractivity contribution in [1.29, 1.82) is 0 Å². The van der Waals surface area contributed by atoms with E-state index in [1.54, 1.807) is 6.20 Å². The van der Waals surface area contributed by atoms with E-state index in [9.17, 15) is 14.4 Å². The Hall–Kier alpha value is -4.98. The van der Waals surface area contributed by atoms with E-state index in [0.29, 0.717) is 17.8 Å². The first kappa shape index (κ1) is 83.2. The van der Waals surface area contributed by atoms with Crippen molar-refractivity contribution in [1.82, 2.24) is 45.0 Å². The van der Waals surface area contributed by atoms with Crippen LogP contribution in [-0.4, -0.2) is 163 Å². The van der Waals surface area contributed by atoms with Gasteiger partial charge in [-0.25, -0.2) is 19.4 Å². The molecule has 2 unspecified atom stereocenters. The second kappa shape index (κ2) is 50.4. The van der Waals surface area contributed by atoms with E-state index in [4.69, 9.17) is 0 Å². The number of urea groups is 3. The molecule has 0 aromatic carbocycles. The minimum Gasteiger partial charge on any atom is -0.338 e. The molecular weight excluding hydrogens is 1160 g/mol. The maximum atomic E-state index is 12.5. The fourth-order valence-electron chi connectivity index (χ4n) is 12.5. The van der Waals surface area contributed by atoms with Crippen LogP contribution in [0.3, 0.4) is 0 Å². The summed E-state index contributed by atoms with van der Waals surface area (Å²) in [5.74, 6) is 3.85. The third kappa shape index (κ3) is 41.9.